The van der Waals surface area contributed by atoms with Crippen molar-refractivity contribution in [3.05, 3.63) is 104 Å². The van der Waals surface area contributed by atoms with Gasteiger partial charge in [0.25, 0.3) is 5.56 Å². The van der Waals surface area contributed by atoms with Gasteiger partial charge >= 0.3 is 5.69 Å². The first-order valence-corrected chi connectivity index (χ1v) is 9.58. The van der Waals surface area contributed by atoms with Crippen LogP contribution in [-0.2, 0) is 17.9 Å². The van der Waals surface area contributed by atoms with E-state index in [1.165, 1.54) is 10.8 Å². The van der Waals surface area contributed by atoms with Crippen LogP contribution in [0.2, 0.25) is 5.02 Å². The predicted molar refractivity (Wildman–Crippen MR) is 116 cm³/mol. The zero-order valence-electron chi connectivity index (χ0n) is 15.8. The van der Waals surface area contributed by atoms with Crippen LogP contribution in [0.25, 0.3) is 11.0 Å². The molecular weight excluding hydrogens is 404 g/mol. The van der Waals surface area contributed by atoms with Gasteiger partial charge in [-0.2, -0.15) is 0 Å². The summed E-state index contributed by atoms with van der Waals surface area (Å²) in [4.78, 5) is 42.8. The minimum absolute atomic E-state index is 0.0871. The summed E-state index contributed by atoms with van der Waals surface area (Å²) in [5.74, 6) is -0.408. The zero-order chi connectivity index (χ0) is 21.1. The van der Waals surface area contributed by atoms with Crippen LogP contribution < -0.4 is 16.6 Å². The highest BCUT2D eigenvalue weighted by Gasteiger charge is 2.16. The number of amides is 1. The molecule has 2 aromatic carbocycles. The molecule has 1 N–H and O–H groups in total. The minimum atomic E-state index is -0.574. The van der Waals surface area contributed by atoms with E-state index in [0.29, 0.717) is 16.2 Å². The number of hydrogen-bond acceptors (Lipinski definition) is 4. The van der Waals surface area contributed by atoms with Gasteiger partial charge in [0.05, 0.1) is 12.1 Å². The zero-order valence-corrected chi connectivity index (χ0v) is 16.5. The quantitative estimate of drug-likeness (QED) is 0.538. The number of halogens is 1. The maximum atomic E-state index is 13.1. The summed E-state index contributed by atoms with van der Waals surface area (Å²) >= 11 is 5.87. The molecule has 30 heavy (non-hydrogen) atoms. The third-order valence-corrected chi connectivity index (χ3v) is 4.85. The second-order valence-corrected chi connectivity index (χ2v) is 7.11. The Labute approximate surface area is 176 Å². The predicted octanol–water partition coefficient (Wildman–Crippen LogP) is 2.90. The van der Waals surface area contributed by atoms with Crippen molar-refractivity contribution >= 4 is 34.2 Å². The van der Waals surface area contributed by atoms with E-state index in [-0.39, 0.29) is 18.6 Å². The number of pyridine rings is 1. The molecule has 0 atom stereocenters. The van der Waals surface area contributed by atoms with Gasteiger partial charge in [-0.25, -0.2) is 9.78 Å². The standard InChI is InChI=1S/C22H17ClN4O3/c23-16-8-10-17(11-9-16)25-19(28)14-26-18-7-4-12-24-20(18)21(29)27(22(26)30)13-15-5-2-1-3-6-15/h1-12H,13-14H2,(H,25,28). The average Bonchev–Trinajstić information content (AvgIpc) is 2.76. The van der Waals surface area contributed by atoms with Gasteiger partial charge < -0.3 is 5.32 Å². The van der Waals surface area contributed by atoms with Crippen molar-refractivity contribution < 1.29 is 4.79 Å². The molecule has 0 bridgehead atoms. The van der Waals surface area contributed by atoms with Crippen molar-refractivity contribution in [1.29, 1.82) is 0 Å². The number of carbonyl (C=O) groups is 1. The number of benzene rings is 2. The molecule has 0 saturated carbocycles. The summed E-state index contributed by atoms with van der Waals surface area (Å²) in [6.45, 7) is -0.178. The lowest BCUT2D eigenvalue weighted by Crippen LogP contribution is -2.42. The van der Waals surface area contributed by atoms with Gasteiger partial charge in [0.1, 0.15) is 6.54 Å². The van der Waals surface area contributed by atoms with E-state index in [9.17, 15) is 14.4 Å². The number of rotatable bonds is 5. The molecule has 0 aliphatic carbocycles. The summed E-state index contributed by atoms with van der Waals surface area (Å²) in [5.41, 5.74) is 0.724. The molecule has 0 saturated heterocycles. The van der Waals surface area contributed by atoms with Crippen LogP contribution in [-0.4, -0.2) is 20.0 Å². The van der Waals surface area contributed by atoms with E-state index < -0.39 is 17.2 Å². The van der Waals surface area contributed by atoms with Crippen LogP contribution in [0, 0.1) is 0 Å². The third kappa shape index (κ3) is 4.01. The fourth-order valence-electron chi connectivity index (χ4n) is 3.18. The van der Waals surface area contributed by atoms with Crippen molar-refractivity contribution in [2.45, 2.75) is 13.1 Å². The molecule has 2 heterocycles. The molecule has 0 fully saturated rings. The van der Waals surface area contributed by atoms with E-state index >= 15 is 0 Å². The second-order valence-electron chi connectivity index (χ2n) is 6.67. The number of carbonyl (C=O) groups excluding carboxylic acids is 1. The molecule has 0 radical (unpaired) electrons. The lowest BCUT2D eigenvalue weighted by atomic mass is 10.2. The molecule has 2 aromatic heterocycles. The molecule has 4 aromatic rings. The Kier molecular flexibility index (Phi) is 5.45. The van der Waals surface area contributed by atoms with Gasteiger partial charge in [-0.15, -0.1) is 0 Å². The van der Waals surface area contributed by atoms with Crippen LogP contribution in [0.15, 0.2) is 82.5 Å². The molecule has 8 heteroatoms. The Morgan fingerprint density at radius 1 is 0.933 bits per heavy atom. The van der Waals surface area contributed by atoms with Crippen LogP contribution >= 0.6 is 11.6 Å². The fourth-order valence-corrected chi connectivity index (χ4v) is 3.30. The Morgan fingerprint density at radius 2 is 1.67 bits per heavy atom. The highest BCUT2D eigenvalue weighted by molar-refractivity contribution is 6.30. The third-order valence-electron chi connectivity index (χ3n) is 4.60. The number of nitrogens with zero attached hydrogens (tertiary/aromatic N) is 3. The first-order valence-electron chi connectivity index (χ1n) is 9.20. The lowest BCUT2D eigenvalue weighted by molar-refractivity contribution is -0.116. The first-order chi connectivity index (χ1) is 14.5. The second kappa shape index (κ2) is 8.34. The van der Waals surface area contributed by atoms with Gasteiger partial charge in [0, 0.05) is 16.9 Å². The molecule has 0 aliphatic heterocycles. The van der Waals surface area contributed by atoms with Gasteiger partial charge in [-0.05, 0) is 42.0 Å². The number of anilines is 1. The SMILES string of the molecule is O=C(Cn1c(=O)n(Cc2ccccc2)c(=O)c2ncccc21)Nc1ccc(Cl)cc1. The van der Waals surface area contributed by atoms with Crippen LogP contribution in [0.1, 0.15) is 5.56 Å². The van der Waals surface area contributed by atoms with Crippen molar-refractivity contribution in [3.8, 4) is 0 Å². The molecule has 0 unspecified atom stereocenters. The van der Waals surface area contributed by atoms with E-state index in [1.54, 1.807) is 36.4 Å². The highest BCUT2D eigenvalue weighted by Crippen LogP contribution is 2.13. The number of nitrogens with one attached hydrogen (secondary N) is 1. The van der Waals surface area contributed by atoms with E-state index in [1.807, 2.05) is 30.3 Å². The van der Waals surface area contributed by atoms with E-state index in [0.717, 1.165) is 10.1 Å². The average molecular weight is 421 g/mol. The molecule has 1 amide bonds. The summed E-state index contributed by atoms with van der Waals surface area (Å²) in [5, 5.41) is 3.28. The van der Waals surface area contributed by atoms with Crippen LogP contribution in [0.5, 0.6) is 0 Å². The maximum Gasteiger partial charge on any atom is 0.332 e. The van der Waals surface area contributed by atoms with Crippen molar-refractivity contribution in [2.24, 2.45) is 0 Å². The number of hydrogen-bond donors (Lipinski definition) is 1. The van der Waals surface area contributed by atoms with Gasteiger partial charge in [0.2, 0.25) is 5.91 Å². The minimum Gasteiger partial charge on any atom is -0.325 e. The molecule has 4 rings (SSSR count). The lowest BCUT2D eigenvalue weighted by Gasteiger charge is -2.14. The molecule has 0 aliphatic rings. The van der Waals surface area contributed by atoms with Crippen LogP contribution in [0.3, 0.4) is 0 Å². The first kappa shape index (κ1) is 19.6. The van der Waals surface area contributed by atoms with Crippen molar-refractivity contribution in [3.63, 3.8) is 0 Å². The molecular formula is C22H17ClN4O3. The number of aromatic nitrogens is 3. The van der Waals surface area contributed by atoms with Gasteiger partial charge in [-0.3, -0.25) is 18.7 Å². The highest BCUT2D eigenvalue weighted by atomic mass is 35.5. The molecule has 0 spiro atoms. The number of fused-ring (bicyclic) bond motifs is 1. The summed E-state index contributed by atoms with van der Waals surface area (Å²) in [6, 6.07) is 19.0. The van der Waals surface area contributed by atoms with Crippen molar-refractivity contribution in [1.82, 2.24) is 14.1 Å². The summed E-state index contributed by atoms with van der Waals surface area (Å²) < 4.78 is 2.36. The van der Waals surface area contributed by atoms with Crippen LogP contribution in [0.4, 0.5) is 5.69 Å². The van der Waals surface area contributed by atoms with E-state index in [2.05, 4.69) is 10.3 Å². The summed E-state index contributed by atoms with van der Waals surface area (Å²) in [7, 11) is 0. The Bertz CT molecular complexity index is 1330. The maximum absolute atomic E-state index is 13.1. The monoisotopic (exact) mass is 420 g/mol. The Hall–Kier alpha value is -3.71. The Balaban J connectivity index is 1.74. The summed E-state index contributed by atoms with van der Waals surface area (Å²) in [6.07, 6.45) is 1.49. The topological polar surface area (TPSA) is 86.0 Å². The smallest absolute Gasteiger partial charge is 0.325 e. The van der Waals surface area contributed by atoms with E-state index in [4.69, 9.17) is 11.6 Å². The van der Waals surface area contributed by atoms with Gasteiger partial charge in [-0.1, -0.05) is 41.9 Å². The Morgan fingerprint density at radius 3 is 2.40 bits per heavy atom. The normalized spacial score (nSPS) is 10.8. The fraction of sp³-hybridized carbons (Fsp3) is 0.0909. The van der Waals surface area contributed by atoms with Gasteiger partial charge in [0.15, 0.2) is 5.52 Å². The molecule has 7 nitrogen and oxygen atoms in total. The van der Waals surface area contributed by atoms with Crippen molar-refractivity contribution in [2.75, 3.05) is 5.32 Å². The molecule has 150 valence electrons. The largest absolute Gasteiger partial charge is 0.332 e.